The zero-order valence-electron chi connectivity index (χ0n) is 26.6. The fourth-order valence-electron chi connectivity index (χ4n) is 4.84. The second kappa shape index (κ2) is 15.1. The molecule has 238 valence electrons. The maximum absolute atomic E-state index is 14.7. The molecule has 0 heterocycles. The molecular weight excluding hydrogens is 592 g/mol. The minimum absolute atomic E-state index is 0.0445. The summed E-state index contributed by atoms with van der Waals surface area (Å²) in [5.74, 6) is -0.744. The Bertz CT molecular complexity index is 1760. The third kappa shape index (κ3) is 8.73. The van der Waals surface area contributed by atoms with Gasteiger partial charge in [0.25, 0.3) is 0 Å². The predicted octanol–water partition coefficient (Wildman–Crippen LogP) is 8.42. The van der Waals surface area contributed by atoms with E-state index in [0.29, 0.717) is 6.29 Å². The summed E-state index contributed by atoms with van der Waals surface area (Å²) in [6, 6.07) is 36.2. The van der Waals surface area contributed by atoms with Gasteiger partial charge in [0.05, 0.1) is 11.1 Å². The Kier molecular flexibility index (Phi) is 10.5. The molecule has 5 aromatic rings. The van der Waals surface area contributed by atoms with Crippen LogP contribution in [0.3, 0.4) is 0 Å². The molecule has 0 aromatic heterocycles. The minimum atomic E-state index is -0.768. The molecule has 0 spiro atoms. The van der Waals surface area contributed by atoms with Crippen LogP contribution >= 0.6 is 0 Å². The molecule has 0 aliphatic carbocycles. The third-order valence-corrected chi connectivity index (χ3v) is 7.05. The van der Waals surface area contributed by atoms with Gasteiger partial charge in [-0.05, 0) is 55.7 Å². The maximum atomic E-state index is 14.7. The molecule has 7 heteroatoms. The Balaban J connectivity index is 1.64. The van der Waals surface area contributed by atoms with Crippen LogP contribution in [0.1, 0.15) is 74.1 Å². The molecule has 0 aliphatic heterocycles. The number of hydrogen-bond donors (Lipinski definition) is 0. The highest BCUT2D eigenvalue weighted by molar-refractivity contribution is 6.17. The van der Waals surface area contributed by atoms with Crippen LogP contribution in [0, 0.1) is 0 Å². The van der Waals surface area contributed by atoms with Crippen molar-refractivity contribution < 1.29 is 33.3 Å². The first-order chi connectivity index (χ1) is 22.7. The van der Waals surface area contributed by atoms with Crippen LogP contribution in [0.15, 0.2) is 121 Å². The highest BCUT2D eigenvalue weighted by Crippen LogP contribution is 2.37. The quantitative estimate of drug-likeness (QED) is 0.0735. The Labute approximate surface area is 274 Å². The van der Waals surface area contributed by atoms with Gasteiger partial charge < -0.3 is 18.9 Å². The summed E-state index contributed by atoms with van der Waals surface area (Å²) in [7, 11) is 0. The molecule has 5 aromatic carbocycles. The fourth-order valence-corrected chi connectivity index (χ4v) is 4.84. The number of rotatable bonds is 13. The molecule has 7 nitrogen and oxygen atoms in total. The van der Waals surface area contributed by atoms with Crippen molar-refractivity contribution in [2.45, 2.75) is 46.2 Å². The zero-order chi connectivity index (χ0) is 33.2. The lowest BCUT2D eigenvalue weighted by Gasteiger charge is -2.22. The number of carbonyl (C=O) groups is 3. The van der Waals surface area contributed by atoms with Gasteiger partial charge in [-0.3, -0.25) is 9.59 Å². The molecule has 0 amide bonds. The standard InChI is InChI=1S/C40H36O7/c1-40(2,3)47-39(43)32-22-34(45-26-29-16-9-5-10-17-29)37(35(23-32)46-27-30-18-11-6-12-19-30)38(42)36-31(24-41)20-13-21-33(36)44-25-28-14-7-4-8-15-28/h4-24H,25-27H2,1-3H3. The summed E-state index contributed by atoms with van der Waals surface area (Å²) in [6.45, 7) is 5.70. The molecule has 0 saturated carbocycles. The second-order valence-electron chi connectivity index (χ2n) is 11.8. The molecule has 0 atom stereocenters. The van der Waals surface area contributed by atoms with Gasteiger partial charge in [0.2, 0.25) is 5.78 Å². The SMILES string of the molecule is CC(C)(C)OC(=O)c1cc(OCc2ccccc2)c(C(=O)c2c(C=O)cccc2OCc2ccccc2)c(OCc2ccccc2)c1. The highest BCUT2D eigenvalue weighted by atomic mass is 16.6. The average molecular weight is 629 g/mol. The van der Waals surface area contributed by atoms with Crippen molar-refractivity contribution in [1.82, 2.24) is 0 Å². The van der Waals surface area contributed by atoms with E-state index in [1.165, 1.54) is 12.1 Å². The number of carbonyl (C=O) groups excluding carboxylic acids is 3. The normalized spacial score (nSPS) is 11.0. The number of hydrogen-bond acceptors (Lipinski definition) is 7. The van der Waals surface area contributed by atoms with Crippen LogP contribution in [-0.2, 0) is 24.6 Å². The smallest absolute Gasteiger partial charge is 0.338 e. The van der Waals surface area contributed by atoms with Crippen LogP contribution in [0.25, 0.3) is 0 Å². The summed E-state index contributed by atoms with van der Waals surface area (Å²) >= 11 is 0. The lowest BCUT2D eigenvalue weighted by atomic mass is 9.95. The van der Waals surface area contributed by atoms with Crippen molar-refractivity contribution in [2.75, 3.05) is 0 Å². The van der Waals surface area contributed by atoms with Crippen molar-refractivity contribution in [3.05, 3.63) is 160 Å². The Morgan fingerprint density at radius 1 is 0.574 bits per heavy atom. The Morgan fingerprint density at radius 3 is 1.45 bits per heavy atom. The van der Waals surface area contributed by atoms with Gasteiger partial charge in [-0.15, -0.1) is 0 Å². The van der Waals surface area contributed by atoms with Gasteiger partial charge in [0.15, 0.2) is 6.29 Å². The molecule has 0 unspecified atom stereocenters. The average Bonchev–Trinajstić information content (AvgIpc) is 3.08. The fraction of sp³-hybridized carbons (Fsp3) is 0.175. The van der Waals surface area contributed by atoms with E-state index in [9.17, 15) is 14.4 Å². The predicted molar refractivity (Wildman–Crippen MR) is 179 cm³/mol. The van der Waals surface area contributed by atoms with E-state index in [4.69, 9.17) is 18.9 Å². The van der Waals surface area contributed by atoms with E-state index in [1.54, 1.807) is 39.0 Å². The van der Waals surface area contributed by atoms with E-state index in [2.05, 4.69) is 0 Å². The van der Waals surface area contributed by atoms with Gasteiger partial charge in [0, 0.05) is 5.56 Å². The molecule has 0 bridgehead atoms. The van der Waals surface area contributed by atoms with Crippen molar-refractivity contribution in [2.24, 2.45) is 0 Å². The topological polar surface area (TPSA) is 88.1 Å². The molecule has 0 aliphatic rings. The van der Waals surface area contributed by atoms with Crippen molar-refractivity contribution in [3.8, 4) is 17.2 Å². The van der Waals surface area contributed by atoms with Gasteiger partial charge >= 0.3 is 5.97 Å². The summed E-state index contributed by atoms with van der Waals surface area (Å²) in [4.78, 5) is 40.4. The van der Waals surface area contributed by atoms with Crippen LogP contribution in [0.5, 0.6) is 17.2 Å². The highest BCUT2D eigenvalue weighted by Gasteiger charge is 2.29. The maximum Gasteiger partial charge on any atom is 0.338 e. The van der Waals surface area contributed by atoms with Gasteiger partial charge in [0.1, 0.15) is 48.2 Å². The molecular formula is C40H36O7. The first-order valence-electron chi connectivity index (χ1n) is 15.3. The Morgan fingerprint density at radius 2 is 1.02 bits per heavy atom. The van der Waals surface area contributed by atoms with E-state index in [-0.39, 0.29) is 59.3 Å². The third-order valence-electron chi connectivity index (χ3n) is 7.05. The van der Waals surface area contributed by atoms with Crippen molar-refractivity contribution in [3.63, 3.8) is 0 Å². The van der Waals surface area contributed by atoms with Gasteiger partial charge in [-0.2, -0.15) is 0 Å². The first-order valence-corrected chi connectivity index (χ1v) is 15.3. The summed E-state index contributed by atoms with van der Waals surface area (Å²) in [5.41, 5.74) is 2.20. The second-order valence-corrected chi connectivity index (χ2v) is 11.8. The van der Waals surface area contributed by atoms with Gasteiger partial charge in [-0.1, -0.05) is 103 Å². The number of ether oxygens (including phenoxy) is 4. The lowest BCUT2D eigenvalue weighted by Crippen LogP contribution is -2.24. The molecule has 0 saturated heterocycles. The summed E-state index contributed by atoms with van der Waals surface area (Å²) in [5, 5.41) is 0. The van der Waals surface area contributed by atoms with Crippen LogP contribution < -0.4 is 14.2 Å². The number of esters is 1. The molecule has 0 N–H and O–H groups in total. The van der Waals surface area contributed by atoms with Crippen molar-refractivity contribution >= 4 is 18.0 Å². The molecule has 47 heavy (non-hydrogen) atoms. The number of aldehydes is 1. The first kappa shape index (κ1) is 32.7. The zero-order valence-corrected chi connectivity index (χ0v) is 26.6. The van der Waals surface area contributed by atoms with E-state index >= 15 is 0 Å². The van der Waals surface area contributed by atoms with E-state index in [0.717, 1.165) is 16.7 Å². The number of ketones is 1. The molecule has 0 fully saturated rings. The van der Waals surface area contributed by atoms with Crippen LogP contribution in [-0.4, -0.2) is 23.6 Å². The molecule has 0 radical (unpaired) electrons. The largest absolute Gasteiger partial charge is 0.488 e. The Hall–Kier alpha value is -5.69. The minimum Gasteiger partial charge on any atom is -0.488 e. The monoisotopic (exact) mass is 628 g/mol. The lowest BCUT2D eigenvalue weighted by molar-refractivity contribution is 0.00682. The van der Waals surface area contributed by atoms with Crippen LogP contribution in [0.4, 0.5) is 0 Å². The summed E-state index contributed by atoms with van der Waals surface area (Å²) in [6.07, 6.45) is 0.618. The number of benzene rings is 5. The summed E-state index contributed by atoms with van der Waals surface area (Å²) < 4.78 is 24.4. The van der Waals surface area contributed by atoms with Crippen molar-refractivity contribution in [1.29, 1.82) is 0 Å². The van der Waals surface area contributed by atoms with E-state index in [1.807, 2.05) is 91.0 Å². The molecule has 5 rings (SSSR count). The van der Waals surface area contributed by atoms with Crippen LogP contribution in [0.2, 0.25) is 0 Å². The van der Waals surface area contributed by atoms with Gasteiger partial charge in [-0.25, -0.2) is 4.79 Å². The van der Waals surface area contributed by atoms with E-state index < -0.39 is 17.4 Å².